The lowest BCUT2D eigenvalue weighted by molar-refractivity contribution is 0.294. The minimum Gasteiger partial charge on any atom is -0.355 e. The van der Waals surface area contributed by atoms with Gasteiger partial charge in [0.15, 0.2) is 0 Å². The van der Waals surface area contributed by atoms with E-state index in [-0.39, 0.29) is 0 Å². The van der Waals surface area contributed by atoms with Crippen LogP contribution in [-0.2, 0) is 0 Å². The summed E-state index contributed by atoms with van der Waals surface area (Å²) in [6, 6.07) is 6.15. The third kappa shape index (κ3) is 2.95. The summed E-state index contributed by atoms with van der Waals surface area (Å²) in [7, 11) is 0. The summed E-state index contributed by atoms with van der Waals surface area (Å²) in [5, 5.41) is 0. The highest BCUT2D eigenvalue weighted by Crippen LogP contribution is 2.12. The predicted molar refractivity (Wildman–Crippen MR) is 67.8 cm³/mol. The number of nitrogens with zero attached hydrogens (tertiary/aromatic N) is 3. The molecule has 88 valence electrons. The Morgan fingerprint density at radius 2 is 2.12 bits per heavy atom. The van der Waals surface area contributed by atoms with Crippen LogP contribution >= 0.6 is 0 Å². The summed E-state index contributed by atoms with van der Waals surface area (Å²) in [5.74, 6) is 1.13. The van der Waals surface area contributed by atoms with Crippen LogP contribution in [0.3, 0.4) is 0 Å². The van der Waals surface area contributed by atoms with Crippen molar-refractivity contribution in [3.05, 3.63) is 24.4 Å². The first-order chi connectivity index (χ1) is 7.90. The highest BCUT2D eigenvalue weighted by atomic mass is 15.2. The minimum atomic E-state index is 1.11. The zero-order valence-corrected chi connectivity index (χ0v) is 10.1. The molecule has 16 heavy (non-hydrogen) atoms. The van der Waals surface area contributed by atoms with Crippen LogP contribution in [0.15, 0.2) is 24.4 Å². The lowest BCUT2D eigenvalue weighted by Gasteiger charge is -2.22. The molecule has 0 amide bonds. The Morgan fingerprint density at radius 1 is 1.19 bits per heavy atom. The van der Waals surface area contributed by atoms with Gasteiger partial charge in [-0.1, -0.05) is 13.0 Å². The molecular formula is C13H21N3. The van der Waals surface area contributed by atoms with Gasteiger partial charge in [-0.3, -0.25) is 0 Å². The van der Waals surface area contributed by atoms with Crippen molar-refractivity contribution in [2.75, 3.05) is 37.6 Å². The van der Waals surface area contributed by atoms with Crippen molar-refractivity contribution >= 4 is 5.82 Å². The van der Waals surface area contributed by atoms with E-state index in [1.165, 1.54) is 32.5 Å². The van der Waals surface area contributed by atoms with Crippen molar-refractivity contribution in [1.29, 1.82) is 0 Å². The summed E-state index contributed by atoms with van der Waals surface area (Å²) < 4.78 is 0. The fraction of sp³-hybridized carbons (Fsp3) is 0.615. The van der Waals surface area contributed by atoms with Gasteiger partial charge in [-0.2, -0.15) is 0 Å². The smallest absolute Gasteiger partial charge is 0.128 e. The molecule has 3 nitrogen and oxygen atoms in total. The van der Waals surface area contributed by atoms with Crippen LogP contribution in [0.25, 0.3) is 0 Å². The van der Waals surface area contributed by atoms with Crippen LogP contribution in [0.1, 0.15) is 19.8 Å². The van der Waals surface area contributed by atoms with Crippen molar-refractivity contribution in [2.45, 2.75) is 19.8 Å². The Labute approximate surface area is 98.1 Å². The summed E-state index contributed by atoms with van der Waals surface area (Å²) in [4.78, 5) is 9.38. The molecule has 0 N–H and O–H groups in total. The molecule has 1 aromatic rings. The summed E-state index contributed by atoms with van der Waals surface area (Å²) in [6.07, 6.45) is 4.38. The van der Waals surface area contributed by atoms with E-state index in [1.807, 2.05) is 12.3 Å². The van der Waals surface area contributed by atoms with Crippen LogP contribution in [0.5, 0.6) is 0 Å². The Balaban J connectivity index is 1.94. The highest BCUT2D eigenvalue weighted by Gasteiger charge is 2.14. The molecule has 1 aliphatic rings. The molecule has 3 heteroatoms. The van der Waals surface area contributed by atoms with Gasteiger partial charge in [0.2, 0.25) is 0 Å². The highest BCUT2D eigenvalue weighted by molar-refractivity contribution is 5.37. The average Bonchev–Trinajstić information content (AvgIpc) is 2.57. The minimum absolute atomic E-state index is 1.11. The van der Waals surface area contributed by atoms with E-state index in [0.717, 1.165) is 18.9 Å². The maximum atomic E-state index is 4.42. The normalized spacial score (nSPS) is 18.4. The van der Waals surface area contributed by atoms with Crippen molar-refractivity contribution in [2.24, 2.45) is 0 Å². The van der Waals surface area contributed by atoms with Crippen molar-refractivity contribution in [3.63, 3.8) is 0 Å². The number of hydrogen-bond acceptors (Lipinski definition) is 3. The molecule has 0 spiro atoms. The van der Waals surface area contributed by atoms with E-state index in [4.69, 9.17) is 0 Å². The second kappa shape index (κ2) is 5.85. The van der Waals surface area contributed by atoms with Crippen LogP contribution in [-0.4, -0.2) is 42.6 Å². The van der Waals surface area contributed by atoms with E-state index in [0.29, 0.717) is 0 Å². The van der Waals surface area contributed by atoms with Crippen molar-refractivity contribution < 1.29 is 0 Å². The fourth-order valence-electron chi connectivity index (χ4n) is 2.28. The molecule has 0 bridgehead atoms. The number of aromatic nitrogens is 1. The molecular weight excluding hydrogens is 198 g/mol. The Kier molecular flexibility index (Phi) is 4.17. The molecule has 1 aromatic heterocycles. The Hall–Kier alpha value is -1.09. The first kappa shape index (κ1) is 11.4. The second-order valence-electron chi connectivity index (χ2n) is 4.37. The number of pyridine rings is 1. The first-order valence-electron chi connectivity index (χ1n) is 6.28. The molecule has 1 fully saturated rings. The largest absolute Gasteiger partial charge is 0.355 e. The Morgan fingerprint density at radius 3 is 2.88 bits per heavy atom. The van der Waals surface area contributed by atoms with Gasteiger partial charge >= 0.3 is 0 Å². The second-order valence-corrected chi connectivity index (χ2v) is 4.37. The topological polar surface area (TPSA) is 19.4 Å². The molecule has 2 rings (SSSR count). The fourth-order valence-corrected chi connectivity index (χ4v) is 2.28. The van der Waals surface area contributed by atoms with E-state index < -0.39 is 0 Å². The van der Waals surface area contributed by atoms with Gasteiger partial charge in [0.25, 0.3) is 0 Å². The average molecular weight is 219 g/mol. The molecule has 1 aliphatic heterocycles. The van der Waals surface area contributed by atoms with Crippen LogP contribution in [0, 0.1) is 0 Å². The van der Waals surface area contributed by atoms with Gasteiger partial charge in [-0.05, 0) is 38.1 Å². The SMILES string of the molecule is CCCN1CCCN(c2ccccn2)CC1. The third-order valence-corrected chi connectivity index (χ3v) is 3.10. The molecule has 1 saturated heterocycles. The first-order valence-corrected chi connectivity index (χ1v) is 6.28. The summed E-state index contributed by atoms with van der Waals surface area (Å²) in [6.45, 7) is 8.13. The predicted octanol–water partition coefficient (Wildman–Crippen LogP) is 2.00. The quantitative estimate of drug-likeness (QED) is 0.775. The van der Waals surface area contributed by atoms with Gasteiger partial charge in [0, 0.05) is 25.8 Å². The van der Waals surface area contributed by atoms with Gasteiger partial charge in [-0.15, -0.1) is 0 Å². The zero-order chi connectivity index (χ0) is 11.2. The number of anilines is 1. The standard InChI is InChI=1S/C13H21N3/c1-2-8-15-9-5-10-16(12-11-15)13-6-3-4-7-14-13/h3-4,6-7H,2,5,8-12H2,1H3. The lowest BCUT2D eigenvalue weighted by Crippen LogP contribution is -2.31. The molecule has 0 aromatic carbocycles. The van der Waals surface area contributed by atoms with E-state index in [1.54, 1.807) is 0 Å². The van der Waals surface area contributed by atoms with Gasteiger partial charge in [0.1, 0.15) is 5.82 Å². The maximum Gasteiger partial charge on any atom is 0.128 e. The van der Waals surface area contributed by atoms with Gasteiger partial charge in [-0.25, -0.2) is 4.98 Å². The van der Waals surface area contributed by atoms with Crippen LogP contribution in [0.4, 0.5) is 5.82 Å². The van der Waals surface area contributed by atoms with Crippen molar-refractivity contribution in [3.8, 4) is 0 Å². The molecule has 0 unspecified atom stereocenters. The molecule has 0 saturated carbocycles. The third-order valence-electron chi connectivity index (χ3n) is 3.10. The van der Waals surface area contributed by atoms with Crippen molar-refractivity contribution in [1.82, 2.24) is 9.88 Å². The molecule has 0 radical (unpaired) electrons. The summed E-state index contributed by atoms with van der Waals surface area (Å²) in [5.41, 5.74) is 0. The number of rotatable bonds is 3. The van der Waals surface area contributed by atoms with E-state index in [2.05, 4.69) is 33.8 Å². The molecule has 0 aliphatic carbocycles. The van der Waals surface area contributed by atoms with Crippen LogP contribution < -0.4 is 4.90 Å². The van der Waals surface area contributed by atoms with E-state index >= 15 is 0 Å². The number of hydrogen-bond donors (Lipinski definition) is 0. The van der Waals surface area contributed by atoms with E-state index in [9.17, 15) is 0 Å². The lowest BCUT2D eigenvalue weighted by atomic mass is 10.3. The monoisotopic (exact) mass is 219 g/mol. The molecule has 0 atom stereocenters. The summed E-state index contributed by atoms with van der Waals surface area (Å²) >= 11 is 0. The van der Waals surface area contributed by atoms with Gasteiger partial charge < -0.3 is 9.80 Å². The Bertz CT molecular complexity index is 299. The zero-order valence-electron chi connectivity index (χ0n) is 10.1. The molecule has 2 heterocycles. The van der Waals surface area contributed by atoms with Gasteiger partial charge in [0.05, 0.1) is 0 Å². The maximum absolute atomic E-state index is 4.42. The van der Waals surface area contributed by atoms with Crippen LogP contribution in [0.2, 0.25) is 0 Å².